The Morgan fingerprint density at radius 3 is 1.06 bits per heavy atom. The number of carbonyl (C=O) groups excluding carboxylic acids is 6. The first-order valence-corrected chi connectivity index (χ1v) is 30.6. The highest BCUT2D eigenvalue weighted by Crippen LogP contribution is 2.19. The van der Waals surface area contributed by atoms with Gasteiger partial charge in [-0.05, 0) is 89.9 Å². The largest absolute Gasteiger partial charge is 1.00 e. The molecule has 2 N–H and O–H groups in total. The predicted octanol–water partition coefficient (Wildman–Crippen LogP) is 5.54. The predicted molar refractivity (Wildman–Crippen MR) is 308 cm³/mol. The second-order valence-corrected chi connectivity index (χ2v) is 22.8. The summed E-state index contributed by atoms with van der Waals surface area (Å²) in [4.78, 5) is 72.2. The third kappa shape index (κ3) is 52.8. The number of aliphatic hydroxyl groups is 2. The number of esters is 6. The lowest BCUT2D eigenvalue weighted by Gasteiger charge is -2.30. The van der Waals surface area contributed by atoms with Gasteiger partial charge in [0.2, 0.25) is 0 Å². The highest BCUT2D eigenvalue weighted by molar-refractivity contribution is 5.71. The second-order valence-electron chi connectivity index (χ2n) is 22.8. The summed E-state index contributed by atoms with van der Waals surface area (Å²) in [6.45, 7) is 9.62. The number of hydrogen-bond acceptors (Lipinski definition) is 14. The molecule has 16 nitrogen and oxygen atoms in total. The zero-order valence-electron chi connectivity index (χ0n) is 51.3. The van der Waals surface area contributed by atoms with Crippen LogP contribution in [-0.4, -0.2) is 160 Å². The number of nitrogens with zero attached hydrogens (tertiary/aromatic N) is 2. The van der Waals surface area contributed by atoms with Gasteiger partial charge in [0.05, 0.1) is 53.6 Å². The topological polar surface area (TPSA) is 198 Å². The average Bonchev–Trinajstić information content (AvgIpc) is 3.36. The van der Waals surface area contributed by atoms with Gasteiger partial charge in [0.1, 0.15) is 38.5 Å². The van der Waals surface area contributed by atoms with Crippen molar-refractivity contribution in [2.24, 2.45) is 0 Å². The molecule has 0 fully saturated rings. The Balaban J connectivity index is -0.0000296. The molecule has 0 amide bonds. The van der Waals surface area contributed by atoms with E-state index in [-0.39, 0.29) is 86.9 Å². The molecule has 0 aliphatic heterocycles. The van der Waals surface area contributed by atoms with Gasteiger partial charge < -0.3 is 72.4 Å². The molecule has 0 spiro atoms. The van der Waals surface area contributed by atoms with Crippen molar-refractivity contribution in [2.75, 3.05) is 80.8 Å². The molecule has 4 atom stereocenters. The van der Waals surface area contributed by atoms with Crippen LogP contribution in [0.25, 0.3) is 0 Å². The van der Waals surface area contributed by atoms with Crippen molar-refractivity contribution < 1.29 is 101 Å². The van der Waals surface area contributed by atoms with Gasteiger partial charge in [-0.1, -0.05) is 141 Å². The molecule has 0 aliphatic carbocycles. The van der Waals surface area contributed by atoms with Gasteiger partial charge >= 0.3 is 35.8 Å². The van der Waals surface area contributed by atoms with E-state index in [1.165, 1.54) is 13.8 Å². The first-order chi connectivity index (χ1) is 37.3. The van der Waals surface area contributed by atoms with Crippen molar-refractivity contribution in [3.8, 4) is 0 Å². The minimum atomic E-state index is -0.766. The molecular weight excluding hydrogens is 1070 g/mol. The van der Waals surface area contributed by atoms with Crippen molar-refractivity contribution in [1.29, 1.82) is 0 Å². The van der Waals surface area contributed by atoms with Gasteiger partial charge in [-0.15, -0.1) is 0 Å². The van der Waals surface area contributed by atoms with Crippen molar-refractivity contribution in [1.82, 2.24) is 0 Å². The van der Waals surface area contributed by atoms with Crippen LogP contribution in [0.15, 0.2) is 24.3 Å². The molecule has 0 aromatic carbocycles. The molecule has 18 heteroatoms. The summed E-state index contributed by atoms with van der Waals surface area (Å²) in [7, 11) is 7.54. The maximum absolute atomic E-state index is 12.8. The van der Waals surface area contributed by atoms with Crippen LogP contribution in [0.3, 0.4) is 0 Å². The lowest BCUT2D eigenvalue weighted by molar-refractivity contribution is -0.883. The van der Waals surface area contributed by atoms with Crippen LogP contribution in [0, 0.1) is 0 Å². The summed E-state index contributed by atoms with van der Waals surface area (Å²) in [6.07, 6.45) is 34.7. The van der Waals surface area contributed by atoms with E-state index in [0.717, 1.165) is 167 Å². The van der Waals surface area contributed by atoms with Gasteiger partial charge in [-0.3, -0.25) is 19.2 Å². The fraction of sp³-hybridized carbons (Fsp3) is 0.839. The molecule has 0 aromatic rings. The maximum atomic E-state index is 12.8. The summed E-state index contributed by atoms with van der Waals surface area (Å²) >= 11 is 0. The quantitative estimate of drug-likeness (QED) is 0.0253. The smallest absolute Gasteiger partial charge is 0.362 e. The van der Waals surface area contributed by atoms with Crippen LogP contribution in [-0.2, 0) is 57.2 Å². The van der Waals surface area contributed by atoms with E-state index in [9.17, 15) is 39.0 Å². The summed E-state index contributed by atoms with van der Waals surface area (Å²) in [5.74, 6) is -1.64. The van der Waals surface area contributed by atoms with Crippen molar-refractivity contribution in [3.05, 3.63) is 24.3 Å². The number of quaternary nitrogens is 2. The fourth-order valence-corrected chi connectivity index (χ4v) is 8.91. The van der Waals surface area contributed by atoms with Crippen LogP contribution in [0.2, 0.25) is 0 Å². The van der Waals surface area contributed by atoms with E-state index < -0.39 is 24.4 Å². The number of rotatable bonds is 53. The van der Waals surface area contributed by atoms with Crippen LogP contribution < -0.4 is 24.8 Å². The summed E-state index contributed by atoms with van der Waals surface area (Å²) < 4.78 is 33.2. The number of likely N-dealkylation sites (N-methyl/N-ethyl adjacent to an activating group) is 2. The number of ether oxygens (including phenoxy) is 6. The molecule has 80 heavy (non-hydrogen) atoms. The van der Waals surface area contributed by atoms with Crippen LogP contribution in [0.1, 0.15) is 233 Å². The molecule has 4 unspecified atom stereocenters. The van der Waals surface area contributed by atoms with E-state index >= 15 is 0 Å². The van der Waals surface area contributed by atoms with E-state index in [0.29, 0.717) is 73.8 Å². The summed E-state index contributed by atoms with van der Waals surface area (Å²) in [5.41, 5.74) is 0. The Bertz CT molecular complexity index is 1510. The van der Waals surface area contributed by atoms with E-state index in [2.05, 4.69) is 26.0 Å². The molecule has 0 heterocycles. The zero-order chi connectivity index (χ0) is 58.1. The molecule has 0 aromatic heterocycles. The van der Waals surface area contributed by atoms with E-state index in [1.54, 1.807) is 0 Å². The minimum Gasteiger partial charge on any atom is -1.00 e. The molecule has 0 radical (unpaired) electrons. The normalized spacial score (nSPS) is 13.2. The maximum Gasteiger partial charge on any atom is 0.362 e. The second kappa shape index (κ2) is 53.7. The van der Waals surface area contributed by atoms with Crippen LogP contribution in [0.4, 0.5) is 0 Å². The van der Waals surface area contributed by atoms with Crippen molar-refractivity contribution in [2.45, 2.75) is 258 Å². The molecule has 0 rings (SSSR count). The van der Waals surface area contributed by atoms with E-state index in [1.807, 2.05) is 40.3 Å². The molecule has 0 aliphatic rings. The van der Waals surface area contributed by atoms with Crippen molar-refractivity contribution >= 4 is 35.8 Å². The molecule has 470 valence electrons. The standard InChI is InChI=1S/C62H114N2O14.2ClH/c1-9-11-31-41-57(77-61(71)51-63(5,6)45-49-73-53(3)65)55(67)39-33-25-19-13-15-21-27-35-43-59(69)75-47-37-29-23-17-18-24-30-38-48-76-60(70)44-36-28-22-16-14-20-26-34-40-56(68)58(42-32-12-10-2)78-62(72)52-64(7,8)46-50-74-54(4)66;;/h25-26,33-34,55-58,67-68H,9-24,27-32,35-52H2,1-8H3;2*1H/q+2;;/p-2/b33-25-,34-26-;;. The molecule has 0 bridgehead atoms. The number of unbranched alkanes of at least 4 members (excludes halogenated alkanes) is 21. The highest BCUT2D eigenvalue weighted by Gasteiger charge is 2.29. The van der Waals surface area contributed by atoms with Gasteiger partial charge in [-0.25, -0.2) is 9.59 Å². The van der Waals surface area contributed by atoms with Gasteiger partial charge in [0, 0.05) is 26.7 Å². The number of halogens is 2. The zero-order valence-corrected chi connectivity index (χ0v) is 52.9. The summed E-state index contributed by atoms with van der Waals surface area (Å²) in [5, 5.41) is 21.8. The SMILES string of the molecule is CCCCCC(OC(=O)C[N+](C)(C)CCOC(C)=O)C(O)C/C=C\CCCCCCCC(=O)OCCCCCCCCCCOC(=O)CCCCCCC/C=C\CC(O)C(CCCCC)OC(=O)C[N+](C)(C)CCOC(C)=O.[Cl-].[Cl-]. The lowest BCUT2D eigenvalue weighted by atomic mass is 10.0. The average molecular weight is 1180 g/mol. The number of allylic oxidation sites excluding steroid dienone is 2. The van der Waals surface area contributed by atoms with Gasteiger partial charge in [0.25, 0.3) is 0 Å². The van der Waals surface area contributed by atoms with Crippen LogP contribution >= 0.6 is 0 Å². The Morgan fingerprint density at radius 1 is 0.400 bits per heavy atom. The van der Waals surface area contributed by atoms with Gasteiger partial charge in [-0.2, -0.15) is 0 Å². The Labute approximate surface area is 497 Å². The number of hydrogen-bond donors (Lipinski definition) is 2. The highest BCUT2D eigenvalue weighted by atomic mass is 35.5. The van der Waals surface area contributed by atoms with Crippen molar-refractivity contribution in [3.63, 3.8) is 0 Å². The first-order valence-electron chi connectivity index (χ1n) is 30.6. The lowest BCUT2D eigenvalue weighted by Crippen LogP contribution is -3.00. The van der Waals surface area contributed by atoms with Gasteiger partial charge in [0.15, 0.2) is 13.1 Å². The Kier molecular flexibility index (Phi) is 54.3. The Hall–Kier alpha value is -3.28. The Morgan fingerprint density at radius 2 is 0.725 bits per heavy atom. The first kappa shape index (κ1) is 80.9. The molecule has 0 saturated heterocycles. The monoisotopic (exact) mass is 1180 g/mol. The minimum absolute atomic E-state index is 0. The summed E-state index contributed by atoms with van der Waals surface area (Å²) in [6, 6.07) is 0. The third-order valence-corrected chi connectivity index (χ3v) is 13.9. The molecular formula is C62H114Cl2N2O14. The van der Waals surface area contributed by atoms with E-state index in [4.69, 9.17) is 28.4 Å². The fourth-order valence-electron chi connectivity index (χ4n) is 8.91. The third-order valence-electron chi connectivity index (χ3n) is 13.9. The number of carbonyl (C=O) groups is 6. The molecule has 0 saturated carbocycles. The van der Waals surface area contributed by atoms with Crippen LogP contribution in [0.5, 0.6) is 0 Å². The number of aliphatic hydroxyl groups excluding tert-OH is 2.